The Labute approximate surface area is 189 Å². The van der Waals surface area contributed by atoms with Gasteiger partial charge in [-0.2, -0.15) is 0 Å². The highest BCUT2D eigenvalue weighted by Gasteiger charge is 2.55. The summed E-state index contributed by atoms with van der Waals surface area (Å²) in [7, 11) is 1.60. The van der Waals surface area contributed by atoms with Gasteiger partial charge in [-0.3, -0.25) is 10.1 Å². The molecule has 1 aromatic carbocycles. The van der Waals surface area contributed by atoms with Gasteiger partial charge in [-0.15, -0.1) is 0 Å². The van der Waals surface area contributed by atoms with Crippen molar-refractivity contribution in [3.63, 3.8) is 0 Å². The van der Waals surface area contributed by atoms with E-state index >= 15 is 0 Å². The van der Waals surface area contributed by atoms with Crippen LogP contribution in [0.1, 0.15) is 12.0 Å². The second-order valence-electron chi connectivity index (χ2n) is 7.26. The van der Waals surface area contributed by atoms with Gasteiger partial charge in [0.1, 0.15) is 18.2 Å². The van der Waals surface area contributed by atoms with Crippen molar-refractivity contribution in [2.75, 3.05) is 60.0 Å². The maximum absolute atomic E-state index is 13.8. The molecule has 1 saturated heterocycles. The first-order chi connectivity index (χ1) is 16.0. The summed E-state index contributed by atoms with van der Waals surface area (Å²) >= 11 is 0. The lowest BCUT2D eigenvalue weighted by Gasteiger charge is -2.36. The number of methoxy groups -OCH3 is 1. The molecule has 0 aromatic heterocycles. The molecule has 2 atom stereocenters. The number of fused-ring (bicyclic) bond motifs is 2. The fourth-order valence-electron chi connectivity index (χ4n) is 3.46. The van der Waals surface area contributed by atoms with E-state index in [4.69, 9.17) is 28.4 Å². The number of imide groups is 1. The third-order valence-electron chi connectivity index (χ3n) is 5.01. The van der Waals surface area contributed by atoms with E-state index in [9.17, 15) is 18.8 Å². The molecule has 0 saturated carbocycles. The van der Waals surface area contributed by atoms with Crippen molar-refractivity contribution < 1.29 is 47.2 Å². The van der Waals surface area contributed by atoms with Crippen LogP contribution in [-0.2, 0) is 38.8 Å². The standard InChI is InChI=1S/C21H27FN2O9/c1-28-4-5-29-6-7-30-8-9-31-10-11-32-18(25)17-13-21(19(26)23-20(27)24-21)15-12-14(22)2-3-16(15)33-17/h2-3,12,17H,4-11,13H2,1H3,(H2,23,24,26,27)/t17-,21-/m1/s1. The van der Waals surface area contributed by atoms with Crippen LogP contribution in [0.15, 0.2) is 18.2 Å². The molecule has 33 heavy (non-hydrogen) atoms. The van der Waals surface area contributed by atoms with Gasteiger partial charge in [-0.05, 0) is 18.2 Å². The molecule has 1 aromatic rings. The molecule has 182 valence electrons. The highest BCUT2D eigenvalue weighted by Crippen LogP contribution is 2.41. The number of carbonyl (C=O) groups is 3. The third-order valence-corrected chi connectivity index (χ3v) is 5.01. The molecular formula is C21H27FN2O9. The van der Waals surface area contributed by atoms with Crippen molar-refractivity contribution >= 4 is 17.9 Å². The molecule has 0 aliphatic carbocycles. The fourth-order valence-corrected chi connectivity index (χ4v) is 3.46. The summed E-state index contributed by atoms with van der Waals surface area (Å²) in [5.41, 5.74) is -1.47. The van der Waals surface area contributed by atoms with Gasteiger partial charge in [0.05, 0.1) is 46.2 Å². The summed E-state index contributed by atoms with van der Waals surface area (Å²) in [5.74, 6) is -1.91. The van der Waals surface area contributed by atoms with Crippen LogP contribution in [0.3, 0.4) is 0 Å². The van der Waals surface area contributed by atoms with Crippen LogP contribution in [-0.4, -0.2) is 84.0 Å². The normalized spacial score (nSPS) is 21.3. The van der Waals surface area contributed by atoms with Crippen LogP contribution in [0.5, 0.6) is 5.75 Å². The lowest BCUT2D eigenvalue weighted by molar-refractivity contribution is -0.156. The zero-order chi connectivity index (χ0) is 23.7. The van der Waals surface area contributed by atoms with E-state index < -0.39 is 35.4 Å². The molecule has 2 aliphatic heterocycles. The summed E-state index contributed by atoms with van der Waals surface area (Å²) < 4.78 is 45.4. The Balaban J connectivity index is 1.41. The van der Waals surface area contributed by atoms with E-state index in [1.165, 1.54) is 6.07 Å². The Morgan fingerprint density at radius 2 is 1.70 bits per heavy atom. The first-order valence-electron chi connectivity index (χ1n) is 10.5. The largest absolute Gasteiger partial charge is 0.478 e. The molecule has 12 heteroatoms. The topological polar surface area (TPSA) is 131 Å². The van der Waals surface area contributed by atoms with Gasteiger partial charge in [0.25, 0.3) is 5.91 Å². The van der Waals surface area contributed by atoms with Crippen LogP contribution in [0, 0.1) is 5.82 Å². The number of hydrogen-bond donors (Lipinski definition) is 2. The van der Waals surface area contributed by atoms with Crippen molar-refractivity contribution in [1.29, 1.82) is 0 Å². The zero-order valence-electron chi connectivity index (χ0n) is 18.2. The van der Waals surface area contributed by atoms with Crippen molar-refractivity contribution in [1.82, 2.24) is 10.6 Å². The average molecular weight is 470 g/mol. The van der Waals surface area contributed by atoms with E-state index in [1.54, 1.807) is 7.11 Å². The summed E-state index contributed by atoms with van der Waals surface area (Å²) in [4.78, 5) is 36.8. The second kappa shape index (κ2) is 11.9. The maximum Gasteiger partial charge on any atom is 0.347 e. The van der Waals surface area contributed by atoms with Gasteiger partial charge >= 0.3 is 12.0 Å². The Morgan fingerprint density at radius 3 is 2.30 bits per heavy atom. The molecule has 1 fully saturated rings. The Hall–Kier alpha value is -2.80. The van der Waals surface area contributed by atoms with Gasteiger partial charge in [-0.1, -0.05) is 0 Å². The number of benzene rings is 1. The van der Waals surface area contributed by atoms with E-state index in [0.717, 1.165) is 12.1 Å². The third kappa shape index (κ3) is 6.38. The Kier molecular flexibility index (Phi) is 8.95. The van der Waals surface area contributed by atoms with Gasteiger partial charge in [0, 0.05) is 19.1 Å². The van der Waals surface area contributed by atoms with Gasteiger partial charge in [0.15, 0.2) is 11.6 Å². The van der Waals surface area contributed by atoms with Crippen LogP contribution in [0.2, 0.25) is 0 Å². The highest BCUT2D eigenvalue weighted by atomic mass is 19.1. The molecule has 3 amide bonds. The molecule has 2 heterocycles. The number of urea groups is 1. The predicted octanol–water partition coefficient (Wildman–Crippen LogP) is 0.251. The Morgan fingerprint density at radius 1 is 1.06 bits per heavy atom. The first-order valence-corrected chi connectivity index (χ1v) is 10.5. The molecule has 2 N–H and O–H groups in total. The molecule has 0 radical (unpaired) electrons. The Bertz CT molecular complexity index is 853. The van der Waals surface area contributed by atoms with Gasteiger partial charge in [0.2, 0.25) is 0 Å². The minimum absolute atomic E-state index is 0.0410. The van der Waals surface area contributed by atoms with Crippen molar-refractivity contribution in [3.05, 3.63) is 29.6 Å². The average Bonchev–Trinajstić information content (AvgIpc) is 3.07. The van der Waals surface area contributed by atoms with E-state index in [-0.39, 0.29) is 30.9 Å². The zero-order valence-corrected chi connectivity index (χ0v) is 18.2. The number of rotatable bonds is 13. The van der Waals surface area contributed by atoms with E-state index in [0.29, 0.717) is 39.6 Å². The fraction of sp³-hybridized carbons (Fsp3) is 0.571. The summed E-state index contributed by atoms with van der Waals surface area (Å²) in [6.07, 6.45) is -1.41. The van der Waals surface area contributed by atoms with Crippen molar-refractivity contribution in [2.24, 2.45) is 0 Å². The monoisotopic (exact) mass is 470 g/mol. The number of carbonyl (C=O) groups excluding carboxylic acids is 3. The SMILES string of the molecule is COCCOCCOCCOCCOC(=O)[C@H]1C[C@@]2(NC(=O)NC2=O)c2cc(F)ccc2O1. The molecule has 0 unspecified atom stereocenters. The number of ether oxygens (including phenoxy) is 6. The molecule has 11 nitrogen and oxygen atoms in total. The molecule has 3 rings (SSSR count). The van der Waals surface area contributed by atoms with Gasteiger partial charge in [-0.25, -0.2) is 14.0 Å². The van der Waals surface area contributed by atoms with Crippen molar-refractivity contribution in [2.45, 2.75) is 18.1 Å². The molecule has 1 spiro atoms. The summed E-state index contributed by atoms with van der Waals surface area (Å²) in [6, 6.07) is 2.80. The van der Waals surface area contributed by atoms with Crippen LogP contribution in [0.25, 0.3) is 0 Å². The minimum atomic E-state index is -1.61. The first kappa shape index (κ1) is 24.8. The number of amides is 3. The lowest BCUT2D eigenvalue weighted by Crippen LogP contribution is -2.52. The predicted molar refractivity (Wildman–Crippen MR) is 109 cm³/mol. The lowest BCUT2D eigenvalue weighted by atomic mass is 9.81. The smallest absolute Gasteiger partial charge is 0.347 e. The van der Waals surface area contributed by atoms with E-state index in [2.05, 4.69) is 10.6 Å². The number of esters is 1. The molecule has 2 aliphatic rings. The second-order valence-corrected chi connectivity index (χ2v) is 7.26. The molecule has 0 bridgehead atoms. The van der Waals surface area contributed by atoms with Crippen LogP contribution < -0.4 is 15.4 Å². The quantitative estimate of drug-likeness (QED) is 0.237. The van der Waals surface area contributed by atoms with Crippen LogP contribution in [0.4, 0.5) is 9.18 Å². The van der Waals surface area contributed by atoms with E-state index in [1.807, 2.05) is 0 Å². The van der Waals surface area contributed by atoms with Gasteiger partial charge < -0.3 is 33.7 Å². The summed E-state index contributed by atoms with van der Waals surface area (Å²) in [5, 5.41) is 4.62. The molecular weight excluding hydrogens is 443 g/mol. The number of nitrogens with one attached hydrogen (secondary N) is 2. The maximum atomic E-state index is 13.8. The minimum Gasteiger partial charge on any atom is -0.478 e. The number of hydrogen-bond acceptors (Lipinski definition) is 9. The van der Waals surface area contributed by atoms with Crippen LogP contribution >= 0.6 is 0 Å². The number of halogens is 1. The summed E-state index contributed by atoms with van der Waals surface area (Å²) in [6.45, 7) is 2.68. The highest BCUT2D eigenvalue weighted by molar-refractivity contribution is 6.08. The van der Waals surface area contributed by atoms with Crippen molar-refractivity contribution in [3.8, 4) is 5.75 Å².